The number of nitrogens with one attached hydrogen (secondary N) is 1. The summed E-state index contributed by atoms with van der Waals surface area (Å²) in [7, 11) is 1.52. The maximum atomic E-state index is 11.9. The number of aryl methyl sites for hydroxylation is 1. The van der Waals surface area contributed by atoms with Gasteiger partial charge in [-0.25, -0.2) is 4.98 Å². The Kier molecular flexibility index (Phi) is 4.70. The summed E-state index contributed by atoms with van der Waals surface area (Å²) in [6.45, 7) is 3.83. The summed E-state index contributed by atoms with van der Waals surface area (Å²) in [5.74, 6) is 0. The monoisotopic (exact) mass is 279 g/mol. The molecule has 2 aromatic heterocycles. The van der Waals surface area contributed by atoms with Crippen molar-refractivity contribution in [3.05, 3.63) is 44.5 Å². The molecular weight excluding hydrogens is 262 g/mol. The van der Waals surface area contributed by atoms with Crippen molar-refractivity contribution in [3.8, 4) is 6.01 Å². The lowest BCUT2D eigenvalue weighted by Gasteiger charge is -2.11. The number of aromatic nitrogens is 2. The lowest BCUT2D eigenvalue weighted by molar-refractivity contribution is 0.342. The molecule has 0 saturated heterocycles. The Bertz CT molecular complexity index is 578. The number of rotatable bonds is 6. The second-order valence-electron chi connectivity index (χ2n) is 4.13. The van der Waals surface area contributed by atoms with Crippen molar-refractivity contribution in [2.24, 2.45) is 0 Å². The van der Waals surface area contributed by atoms with E-state index in [0.29, 0.717) is 24.8 Å². The third kappa shape index (κ3) is 3.65. The molecule has 2 rings (SSSR count). The molecule has 0 fully saturated rings. The first kappa shape index (κ1) is 13.8. The molecule has 0 spiro atoms. The molecule has 2 aromatic rings. The largest absolute Gasteiger partial charge is 0.468 e. The van der Waals surface area contributed by atoms with Gasteiger partial charge in [0, 0.05) is 36.3 Å². The molecule has 5 nitrogen and oxygen atoms in total. The highest BCUT2D eigenvalue weighted by atomic mass is 32.1. The van der Waals surface area contributed by atoms with Crippen LogP contribution in [0.15, 0.2) is 28.4 Å². The summed E-state index contributed by atoms with van der Waals surface area (Å²) >= 11 is 1.71. The Hall–Kier alpha value is -1.66. The van der Waals surface area contributed by atoms with Crippen LogP contribution in [-0.4, -0.2) is 23.2 Å². The number of nitrogens with zero attached hydrogens (tertiary/aromatic N) is 2. The fourth-order valence-corrected chi connectivity index (χ4v) is 2.45. The fourth-order valence-electron chi connectivity index (χ4n) is 1.77. The van der Waals surface area contributed by atoms with Crippen molar-refractivity contribution < 1.29 is 4.74 Å². The molecular formula is C13H17N3O2S. The van der Waals surface area contributed by atoms with Crippen molar-refractivity contribution in [1.82, 2.24) is 14.9 Å². The molecule has 0 amide bonds. The molecule has 0 atom stereocenters. The van der Waals surface area contributed by atoms with Crippen LogP contribution < -0.4 is 15.6 Å². The van der Waals surface area contributed by atoms with Gasteiger partial charge in [0.05, 0.1) is 7.11 Å². The molecule has 0 unspecified atom stereocenters. The molecule has 19 heavy (non-hydrogen) atoms. The number of thiophene rings is 1. The van der Waals surface area contributed by atoms with Crippen molar-refractivity contribution >= 4 is 11.3 Å². The molecule has 0 saturated carbocycles. The van der Waals surface area contributed by atoms with Gasteiger partial charge in [0.2, 0.25) is 0 Å². The van der Waals surface area contributed by atoms with Gasteiger partial charge >= 0.3 is 0 Å². The van der Waals surface area contributed by atoms with Gasteiger partial charge in [-0.1, -0.05) is 6.07 Å². The first-order valence-electron chi connectivity index (χ1n) is 6.06. The van der Waals surface area contributed by atoms with E-state index in [2.05, 4.69) is 21.7 Å². The zero-order valence-electron chi connectivity index (χ0n) is 11.0. The Morgan fingerprint density at radius 1 is 1.53 bits per heavy atom. The zero-order chi connectivity index (χ0) is 13.7. The predicted octanol–water partition coefficient (Wildman–Crippen LogP) is 1.41. The first-order valence-corrected chi connectivity index (χ1v) is 6.94. The van der Waals surface area contributed by atoms with E-state index >= 15 is 0 Å². The Morgan fingerprint density at radius 2 is 2.37 bits per heavy atom. The summed E-state index contributed by atoms with van der Waals surface area (Å²) in [4.78, 5) is 17.3. The van der Waals surface area contributed by atoms with E-state index in [1.807, 2.05) is 6.07 Å². The quantitative estimate of drug-likeness (QED) is 0.812. The fraction of sp³-hybridized carbons (Fsp3) is 0.385. The summed E-state index contributed by atoms with van der Waals surface area (Å²) in [5, 5.41) is 5.35. The lowest BCUT2D eigenvalue weighted by atomic mass is 10.4. The molecule has 102 valence electrons. The summed E-state index contributed by atoms with van der Waals surface area (Å²) in [6.07, 6.45) is 0. The molecule has 2 heterocycles. The van der Waals surface area contributed by atoms with Gasteiger partial charge < -0.3 is 10.1 Å². The maximum Gasteiger partial charge on any atom is 0.299 e. The topological polar surface area (TPSA) is 56.1 Å². The van der Waals surface area contributed by atoms with E-state index in [4.69, 9.17) is 4.74 Å². The molecule has 0 radical (unpaired) electrons. The van der Waals surface area contributed by atoms with Crippen LogP contribution in [0.3, 0.4) is 0 Å². The zero-order valence-corrected chi connectivity index (χ0v) is 11.9. The molecule has 6 heteroatoms. The molecule has 0 aliphatic carbocycles. The normalized spacial score (nSPS) is 10.6. The van der Waals surface area contributed by atoms with Crippen LogP contribution in [0.2, 0.25) is 0 Å². The Morgan fingerprint density at radius 3 is 3.05 bits per heavy atom. The van der Waals surface area contributed by atoms with Gasteiger partial charge in [-0.3, -0.25) is 9.36 Å². The number of hydrogen-bond donors (Lipinski definition) is 1. The highest BCUT2D eigenvalue weighted by Gasteiger charge is 2.06. The third-order valence-corrected chi connectivity index (χ3v) is 3.55. The Balaban J connectivity index is 1.94. The SMILES string of the molecule is COc1nc(C)cc(=O)n1CCNCc1cccs1. The van der Waals surface area contributed by atoms with Crippen LogP contribution in [0.4, 0.5) is 0 Å². The standard InChI is InChI=1S/C13H17N3O2S/c1-10-8-12(17)16(13(15-10)18-2)6-5-14-9-11-4-3-7-19-11/h3-4,7-8,14H,5-6,9H2,1-2H3. The van der Waals surface area contributed by atoms with E-state index in [9.17, 15) is 4.79 Å². The van der Waals surface area contributed by atoms with Crippen molar-refractivity contribution in [3.63, 3.8) is 0 Å². The highest BCUT2D eigenvalue weighted by Crippen LogP contribution is 2.07. The minimum Gasteiger partial charge on any atom is -0.468 e. The van der Waals surface area contributed by atoms with Gasteiger partial charge in [0.1, 0.15) is 0 Å². The van der Waals surface area contributed by atoms with E-state index in [-0.39, 0.29) is 5.56 Å². The summed E-state index contributed by atoms with van der Waals surface area (Å²) in [5.41, 5.74) is 0.590. The minimum absolute atomic E-state index is 0.0812. The average Bonchev–Trinajstić information content (AvgIpc) is 2.89. The molecule has 0 aliphatic rings. The molecule has 0 aromatic carbocycles. The molecule has 0 aliphatic heterocycles. The van der Waals surface area contributed by atoms with Gasteiger partial charge in [0.15, 0.2) is 0 Å². The molecule has 1 N–H and O–H groups in total. The van der Waals surface area contributed by atoms with Crippen LogP contribution in [0.25, 0.3) is 0 Å². The van der Waals surface area contributed by atoms with E-state index in [1.165, 1.54) is 22.6 Å². The predicted molar refractivity (Wildman–Crippen MR) is 75.8 cm³/mol. The van der Waals surface area contributed by atoms with Crippen molar-refractivity contribution in [2.45, 2.75) is 20.0 Å². The summed E-state index contributed by atoms with van der Waals surface area (Å²) < 4.78 is 6.67. The number of methoxy groups -OCH3 is 1. The molecule has 0 bridgehead atoms. The maximum absolute atomic E-state index is 11.9. The summed E-state index contributed by atoms with van der Waals surface area (Å²) in [6, 6.07) is 5.99. The number of hydrogen-bond acceptors (Lipinski definition) is 5. The average molecular weight is 279 g/mol. The van der Waals surface area contributed by atoms with Crippen LogP contribution >= 0.6 is 11.3 Å². The second kappa shape index (κ2) is 6.49. The van der Waals surface area contributed by atoms with Gasteiger partial charge in [0.25, 0.3) is 11.6 Å². The first-order chi connectivity index (χ1) is 9.20. The van der Waals surface area contributed by atoms with E-state index < -0.39 is 0 Å². The lowest BCUT2D eigenvalue weighted by Crippen LogP contribution is -2.28. The van der Waals surface area contributed by atoms with E-state index in [0.717, 1.165) is 6.54 Å². The van der Waals surface area contributed by atoms with E-state index in [1.54, 1.807) is 18.3 Å². The van der Waals surface area contributed by atoms with Gasteiger partial charge in [-0.05, 0) is 18.4 Å². The van der Waals surface area contributed by atoms with Gasteiger partial charge in [-0.2, -0.15) is 0 Å². The minimum atomic E-state index is -0.0812. The van der Waals surface area contributed by atoms with Gasteiger partial charge in [-0.15, -0.1) is 11.3 Å². The highest BCUT2D eigenvalue weighted by molar-refractivity contribution is 7.09. The third-order valence-electron chi connectivity index (χ3n) is 2.68. The smallest absolute Gasteiger partial charge is 0.299 e. The second-order valence-corrected chi connectivity index (χ2v) is 5.16. The van der Waals surface area contributed by atoms with Crippen LogP contribution in [0, 0.1) is 6.92 Å². The van der Waals surface area contributed by atoms with Crippen molar-refractivity contribution in [2.75, 3.05) is 13.7 Å². The van der Waals surface area contributed by atoms with Crippen LogP contribution in [0.1, 0.15) is 10.6 Å². The van der Waals surface area contributed by atoms with Crippen LogP contribution in [-0.2, 0) is 13.1 Å². The number of ether oxygens (including phenoxy) is 1. The Labute approximate surface area is 115 Å². The van der Waals surface area contributed by atoms with Crippen molar-refractivity contribution in [1.29, 1.82) is 0 Å². The van der Waals surface area contributed by atoms with Crippen LogP contribution in [0.5, 0.6) is 6.01 Å².